The zero-order valence-corrected chi connectivity index (χ0v) is 27.5. The van der Waals surface area contributed by atoms with Crippen LogP contribution in [0.15, 0.2) is 83.3 Å². The quantitative estimate of drug-likeness (QED) is 0.319. The minimum absolute atomic E-state index is 0.0533. The molecular formula is C35H43N5O8. The van der Waals surface area contributed by atoms with Crippen LogP contribution in [-0.4, -0.2) is 81.8 Å². The Hall–Kier alpha value is -5.04. The Morgan fingerprint density at radius 1 is 1.29 bits per heavy atom. The van der Waals surface area contributed by atoms with Crippen molar-refractivity contribution < 1.29 is 38.2 Å². The van der Waals surface area contributed by atoms with Gasteiger partial charge in [-0.2, -0.15) is 0 Å². The molecule has 2 bridgehead atoms. The lowest BCUT2D eigenvalue weighted by atomic mass is 9.93. The van der Waals surface area contributed by atoms with Gasteiger partial charge >= 0.3 is 12.1 Å². The van der Waals surface area contributed by atoms with Crippen molar-refractivity contribution in [2.24, 2.45) is 11.8 Å². The van der Waals surface area contributed by atoms with Crippen molar-refractivity contribution in [3.05, 3.63) is 90.5 Å². The van der Waals surface area contributed by atoms with Gasteiger partial charge in [0.05, 0.1) is 24.6 Å². The molecule has 48 heavy (non-hydrogen) atoms. The number of rotatable bonds is 4. The number of pyridine rings is 1. The maximum absolute atomic E-state index is 13.7. The third-order valence-corrected chi connectivity index (χ3v) is 7.95. The summed E-state index contributed by atoms with van der Waals surface area (Å²) in [5.41, 5.74) is 1.97. The smallest absolute Gasteiger partial charge is 0.411 e. The van der Waals surface area contributed by atoms with Gasteiger partial charge in [-0.3, -0.25) is 19.9 Å². The Morgan fingerprint density at radius 3 is 2.88 bits per heavy atom. The fraction of sp³-hybridized carbons (Fsp3) is 0.429. The standard InChI is InChI=1S/C35H43N5O8/c1-22-8-5-14-37-30(42)12-11-24(3)32(25(4)20-47-35(45)38-26-9-6-13-36-19-26)48-34(44)29-10-7-15-40(29)33(43)28-21-46-31(39-28)18-23(2)17-27(41)16-22/h5-6,8-9,11-13,16,19,21,24-25,27,29,32,41H,2,7,10,14-15,17-18,20H2,1,3-4H3,(H,37,42)(H,38,45)/b8-5+,12-11+,22-16+/t24-,25+,27-,29-,32+/m1/s1. The van der Waals surface area contributed by atoms with Gasteiger partial charge in [0.1, 0.15) is 18.4 Å². The minimum Gasteiger partial charge on any atom is -0.460 e. The van der Waals surface area contributed by atoms with Crippen LogP contribution in [0.5, 0.6) is 0 Å². The summed E-state index contributed by atoms with van der Waals surface area (Å²) in [6.45, 7) is 9.88. The van der Waals surface area contributed by atoms with E-state index in [9.17, 15) is 24.3 Å². The van der Waals surface area contributed by atoms with Gasteiger partial charge in [0.2, 0.25) is 5.91 Å². The number of fused-ring (bicyclic) bond motifs is 3. The lowest BCUT2D eigenvalue weighted by Crippen LogP contribution is -2.44. The van der Waals surface area contributed by atoms with Crippen LogP contribution in [0, 0.1) is 11.8 Å². The second-order valence-electron chi connectivity index (χ2n) is 12.1. The van der Waals surface area contributed by atoms with Crippen LogP contribution in [0.1, 0.15) is 56.4 Å². The van der Waals surface area contributed by atoms with E-state index in [1.165, 1.54) is 23.4 Å². The molecule has 2 aliphatic heterocycles. The second-order valence-corrected chi connectivity index (χ2v) is 12.1. The molecule has 5 atom stereocenters. The summed E-state index contributed by atoms with van der Waals surface area (Å²) < 4.78 is 17.0. The number of aromatic nitrogens is 2. The number of allylic oxidation sites excluding steroid dienone is 2. The molecule has 0 spiro atoms. The van der Waals surface area contributed by atoms with E-state index in [1.807, 2.05) is 6.92 Å². The number of aliphatic hydroxyl groups excluding tert-OH is 1. The van der Waals surface area contributed by atoms with Gasteiger partial charge < -0.3 is 29.2 Å². The number of carbonyl (C=O) groups excluding carboxylic acids is 4. The van der Waals surface area contributed by atoms with Crippen molar-refractivity contribution in [3.8, 4) is 0 Å². The van der Waals surface area contributed by atoms with Crippen molar-refractivity contribution in [1.82, 2.24) is 20.2 Å². The third kappa shape index (κ3) is 10.5. The van der Waals surface area contributed by atoms with E-state index in [0.29, 0.717) is 30.6 Å². The number of oxazole rings is 1. The first-order chi connectivity index (χ1) is 23.0. The van der Waals surface area contributed by atoms with E-state index in [1.54, 1.807) is 56.5 Å². The first-order valence-electron chi connectivity index (χ1n) is 16.0. The van der Waals surface area contributed by atoms with Gasteiger partial charge in [0.25, 0.3) is 5.91 Å². The number of esters is 1. The molecule has 0 radical (unpaired) electrons. The van der Waals surface area contributed by atoms with E-state index in [-0.39, 0.29) is 43.5 Å². The van der Waals surface area contributed by atoms with E-state index >= 15 is 0 Å². The highest BCUT2D eigenvalue weighted by atomic mass is 16.6. The number of aliphatic hydroxyl groups is 1. The molecule has 0 saturated carbocycles. The summed E-state index contributed by atoms with van der Waals surface area (Å²) in [5, 5.41) is 15.9. The summed E-state index contributed by atoms with van der Waals surface area (Å²) in [7, 11) is 0. The van der Waals surface area contributed by atoms with Crippen molar-refractivity contribution in [1.29, 1.82) is 0 Å². The molecule has 4 rings (SSSR count). The maximum Gasteiger partial charge on any atom is 0.411 e. The van der Waals surface area contributed by atoms with Crippen molar-refractivity contribution in [2.75, 3.05) is 25.0 Å². The molecule has 1 saturated heterocycles. The highest BCUT2D eigenvalue weighted by Gasteiger charge is 2.39. The first-order valence-corrected chi connectivity index (χ1v) is 16.0. The molecule has 0 aromatic carbocycles. The average molecular weight is 662 g/mol. The average Bonchev–Trinajstić information content (AvgIpc) is 3.73. The number of cyclic esters (lactones) is 1. The number of nitrogens with one attached hydrogen (secondary N) is 2. The molecule has 1 fully saturated rings. The van der Waals surface area contributed by atoms with Gasteiger partial charge in [-0.1, -0.05) is 55.9 Å². The van der Waals surface area contributed by atoms with Crippen LogP contribution < -0.4 is 10.6 Å². The van der Waals surface area contributed by atoms with E-state index in [4.69, 9.17) is 13.9 Å². The lowest BCUT2D eigenvalue weighted by molar-refractivity contribution is -0.159. The van der Waals surface area contributed by atoms with E-state index in [2.05, 4.69) is 27.2 Å². The molecule has 13 heteroatoms. The molecule has 3 amide bonds. The fourth-order valence-electron chi connectivity index (χ4n) is 5.55. The number of anilines is 1. The molecule has 4 heterocycles. The molecule has 2 aromatic rings. The molecule has 2 aliphatic rings. The molecule has 2 aromatic heterocycles. The Kier molecular flexibility index (Phi) is 12.8. The largest absolute Gasteiger partial charge is 0.460 e. The first kappa shape index (κ1) is 35.8. The molecule has 0 unspecified atom stereocenters. The number of carbonyl (C=O) groups is 4. The third-order valence-electron chi connectivity index (χ3n) is 7.95. The topological polar surface area (TPSA) is 173 Å². The van der Waals surface area contributed by atoms with Crippen LogP contribution in [0.4, 0.5) is 10.5 Å². The van der Waals surface area contributed by atoms with E-state index in [0.717, 1.165) is 5.57 Å². The maximum atomic E-state index is 13.7. The molecular weight excluding hydrogens is 618 g/mol. The van der Waals surface area contributed by atoms with E-state index < -0.39 is 48.1 Å². The van der Waals surface area contributed by atoms with Gasteiger partial charge in [-0.15, -0.1) is 0 Å². The van der Waals surface area contributed by atoms with Crippen molar-refractivity contribution >= 4 is 29.6 Å². The highest BCUT2D eigenvalue weighted by molar-refractivity contribution is 5.95. The molecule has 0 aliphatic carbocycles. The second kappa shape index (κ2) is 17.2. The normalized spacial score (nSPS) is 26.2. The Bertz CT molecular complexity index is 1550. The minimum atomic E-state index is -0.866. The molecule has 13 nitrogen and oxygen atoms in total. The summed E-state index contributed by atoms with van der Waals surface area (Å²) >= 11 is 0. The summed E-state index contributed by atoms with van der Waals surface area (Å²) in [5.74, 6) is -2.13. The van der Waals surface area contributed by atoms with Crippen LogP contribution in [0.2, 0.25) is 0 Å². The highest BCUT2D eigenvalue weighted by Crippen LogP contribution is 2.26. The Morgan fingerprint density at radius 2 is 2.10 bits per heavy atom. The van der Waals surface area contributed by atoms with Crippen molar-refractivity contribution in [2.45, 2.75) is 64.7 Å². The predicted octanol–water partition coefficient (Wildman–Crippen LogP) is 4.15. The number of ether oxygens (including phenoxy) is 2. The predicted molar refractivity (Wildman–Crippen MR) is 176 cm³/mol. The zero-order valence-electron chi connectivity index (χ0n) is 27.5. The number of hydrogen-bond acceptors (Lipinski definition) is 10. The Balaban J connectivity index is 1.54. The number of hydrogen-bond donors (Lipinski definition) is 3. The SMILES string of the molecule is C=C1Cc2nc(co2)C(=O)N2CCC[C@@H]2C(=O)O[C@H]([C@@H](C)COC(=O)Nc2cccnc2)[C@H](C)/C=C/C(=O)NC/C=C/C(C)=C/[C@@H](O)C1. The van der Waals surface area contributed by atoms with Crippen LogP contribution in [0.25, 0.3) is 0 Å². The lowest BCUT2D eigenvalue weighted by Gasteiger charge is -2.30. The van der Waals surface area contributed by atoms with Gasteiger partial charge in [-0.05, 0) is 44.4 Å². The van der Waals surface area contributed by atoms with Crippen molar-refractivity contribution in [3.63, 3.8) is 0 Å². The monoisotopic (exact) mass is 661 g/mol. The summed E-state index contributed by atoms with van der Waals surface area (Å²) in [6.07, 6.45) is 11.7. The Labute approximate surface area is 279 Å². The van der Waals surface area contributed by atoms with Gasteiger partial charge in [-0.25, -0.2) is 14.6 Å². The van der Waals surface area contributed by atoms with Crippen LogP contribution >= 0.6 is 0 Å². The molecule has 256 valence electrons. The number of nitrogens with zero attached hydrogens (tertiary/aromatic N) is 3. The summed E-state index contributed by atoms with van der Waals surface area (Å²) in [4.78, 5) is 61.9. The summed E-state index contributed by atoms with van der Waals surface area (Å²) in [6, 6.07) is 2.47. The van der Waals surface area contributed by atoms with Gasteiger partial charge in [0.15, 0.2) is 11.6 Å². The van der Waals surface area contributed by atoms with Gasteiger partial charge in [0, 0.05) is 37.5 Å². The van der Waals surface area contributed by atoms with Crippen LogP contribution in [0.3, 0.4) is 0 Å². The molecule has 3 N–H and O–H groups in total. The van der Waals surface area contributed by atoms with Crippen LogP contribution in [-0.2, 0) is 25.5 Å². The number of amides is 3. The fourth-order valence-corrected chi connectivity index (χ4v) is 5.55. The zero-order chi connectivity index (χ0) is 34.6.